The summed E-state index contributed by atoms with van der Waals surface area (Å²) in [5.74, 6) is -0.280. The second-order valence-corrected chi connectivity index (χ2v) is 5.58. The van der Waals surface area contributed by atoms with Gasteiger partial charge in [-0.15, -0.1) is 0 Å². The number of amides is 2. The van der Waals surface area contributed by atoms with Crippen molar-refractivity contribution in [1.82, 2.24) is 10.6 Å². The largest absolute Gasteiger partial charge is 0.355 e. The highest BCUT2D eigenvalue weighted by Crippen LogP contribution is 2.09. The average molecular weight is 343 g/mol. The zero-order valence-corrected chi connectivity index (χ0v) is 13.4. The minimum Gasteiger partial charge on any atom is -0.355 e. The number of hydrogen-bond acceptors (Lipinski definition) is 2. The molecule has 3 N–H and O–H groups in total. The van der Waals surface area contributed by atoms with E-state index in [0.717, 1.165) is 15.9 Å². The summed E-state index contributed by atoms with van der Waals surface area (Å²) in [6, 6.07) is 8.02. The summed E-state index contributed by atoms with van der Waals surface area (Å²) in [6.07, 6.45) is 0. The SMILES string of the molecule is CCNC(=O)CNC(=O)C[NH+](C)Cc1ccc(Br)cc1. The smallest absolute Gasteiger partial charge is 0.275 e. The molecule has 0 heterocycles. The molecule has 2 amide bonds. The summed E-state index contributed by atoms with van der Waals surface area (Å²) in [6.45, 7) is 3.56. The zero-order chi connectivity index (χ0) is 15.0. The number of likely N-dealkylation sites (N-methyl/N-ethyl adjacent to an activating group) is 2. The van der Waals surface area contributed by atoms with Crippen molar-refractivity contribution in [3.8, 4) is 0 Å². The van der Waals surface area contributed by atoms with Gasteiger partial charge in [0.25, 0.3) is 5.91 Å². The molecule has 0 spiro atoms. The first-order chi connectivity index (χ1) is 9.51. The molecule has 1 aromatic rings. The van der Waals surface area contributed by atoms with Crippen LogP contribution in [0.25, 0.3) is 0 Å². The maximum absolute atomic E-state index is 11.7. The Balaban J connectivity index is 2.30. The van der Waals surface area contributed by atoms with E-state index in [4.69, 9.17) is 0 Å². The molecule has 0 aromatic heterocycles. The van der Waals surface area contributed by atoms with Gasteiger partial charge in [0.2, 0.25) is 5.91 Å². The van der Waals surface area contributed by atoms with Gasteiger partial charge in [0.15, 0.2) is 6.54 Å². The molecule has 0 aliphatic rings. The fourth-order valence-electron chi connectivity index (χ4n) is 1.79. The average Bonchev–Trinajstić information content (AvgIpc) is 2.39. The molecule has 6 heteroatoms. The lowest BCUT2D eigenvalue weighted by Gasteiger charge is -2.14. The first-order valence-electron chi connectivity index (χ1n) is 6.60. The van der Waals surface area contributed by atoms with E-state index in [1.54, 1.807) is 0 Å². The number of halogens is 1. The van der Waals surface area contributed by atoms with Crippen molar-refractivity contribution in [2.24, 2.45) is 0 Å². The number of carbonyl (C=O) groups is 2. The number of quaternary nitrogens is 1. The van der Waals surface area contributed by atoms with E-state index < -0.39 is 0 Å². The van der Waals surface area contributed by atoms with E-state index in [0.29, 0.717) is 13.1 Å². The molecule has 0 radical (unpaired) electrons. The van der Waals surface area contributed by atoms with E-state index in [2.05, 4.69) is 26.6 Å². The molecule has 0 aliphatic carbocycles. The van der Waals surface area contributed by atoms with Gasteiger partial charge in [-0.1, -0.05) is 28.1 Å². The molecule has 110 valence electrons. The van der Waals surface area contributed by atoms with Gasteiger partial charge in [0.05, 0.1) is 13.6 Å². The van der Waals surface area contributed by atoms with Crippen molar-refractivity contribution in [3.05, 3.63) is 34.3 Å². The highest BCUT2D eigenvalue weighted by Gasteiger charge is 2.11. The number of carbonyl (C=O) groups excluding carboxylic acids is 2. The number of benzene rings is 1. The maximum atomic E-state index is 11.7. The second kappa shape index (κ2) is 8.71. The lowest BCUT2D eigenvalue weighted by atomic mass is 10.2. The molecule has 0 aliphatic heterocycles. The van der Waals surface area contributed by atoms with Crippen LogP contribution in [0.5, 0.6) is 0 Å². The van der Waals surface area contributed by atoms with Crippen LogP contribution in [-0.2, 0) is 16.1 Å². The topological polar surface area (TPSA) is 62.6 Å². The number of rotatable bonds is 7. The van der Waals surface area contributed by atoms with Crippen molar-refractivity contribution >= 4 is 27.7 Å². The Morgan fingerprint density at radius 2 is 1.80 bits per heavy atom. The molecule has 0 saturated carbocycles. The Morgan fingerprint density at radius 3 is 2.40 bits per heavy atom. The summed E-state index contributed by atoms with van der Waals surface area (Å²) >= 11 is 3.39. The van der Waals surface area contributed by atoms with Crippen molar-refractivity contribution in [2.75, 3.05) is 26.7 Å². The van der Waals surface area contributed by atoms with E-state index in [-0.39, 0.29) is 18.4 Å². The van der Waals surface area contributed by atoms with Gasteiger partial charge in [0, 0.05) is 16.6 Å². The van der Waals surface area contributed by atoms with Crippen molar-refractivity contribution in [1.29, 1.82) is 0 Å². The van der Waals surface area contributed by atoms with Gasteiger partial charge in [-0.2, -0.15) is 0 Å². The van der Waals surface area contributed by atoms with Gasteiger partial charge >= 0.3 is 0 Å². The highest BCUT2D eigenvalue weighted by molar-refractivity contribution is 9.10. The van der Waals surface area contributed by atoms with E-state index in [9.17, 15) is 9.59 Å². The van der Waals surface area contributed by atoms with E-state index in [1.165, 1.54) is 5.56 Å². The molecule has 1 rings (SSSR count). The fraction of sp³-hybridized carbons (Fsp3) is 0.429. The van der Waals surface area contributed by atoms with Crippen LogP contribution in [0.1, 0.15) is 12.5 Å². The Hall–Kier alpha value is -1.40. The van der Waals surface area contributed by atoms with Crippen LogP contribution in [0.3, 0.4) is 0 Å². The third kappa shape index (κ3) is 6.68. The predicted molar refractivity (Wildman–Crippen MR) is 81.3 cm³/mol. The lowest BCUT2D eigenvalue weighted by Crippen LogP contribution is -3.08. The molecule has 1 unspecified atom stereocenters. The maximum Gasteiger partial charge on any atom is 0.275 e. The summed E-state index contributed by atoms with van der Waals surface area (Å²) in [4.78, 5) is 24.0. The lowest BCUT2D eigenvalue weighted by molar-refractivity contribution is -0.885. The van der Waals surface area contributed by atoms with Crippen molar-refractivity contribution in [3.63, 3.8) is 0 Å². The predicted octanol–water partition coefficient (Wildman–Crippen LogP) is -0.284. The third-order valence-corrected chi connectivity index (χ3v) is 3.23. The zero-order valence-electron chi connectivity index (χ0n) is 11.8. The summed E-state index contributed by atoms with van der Waals surface area (Å²) < 4.78 is 1.04. The quantitative estimate of drug-likeness (QED) is 0.638. The summed E-state index contributed by atoms with van der Waals surface area (Å²) in [7, 11) is 1.95. The van der Waals surface area contributed by atoms with E-state index >= 15 is 0 Å². The molecule has 0 bridgehead atoms. The van der Waals surface area contributed by atoms with Gasteiger partial charge < -0.3 is 15.5 Å². The van der Waals surface area contributed by atoms with Gasteiger partial charge in [-0.05, 0) is 19.1 Å². The molecule has 5 nitrogen and oxygen atoms in total. The van der Waals surface area contributed by atoms with Crippen LogP contribution in [0.2, 0.25) is 0 Å². The molecule has 20 heavy (non-hydrogen) atoms. The first kappa shape index (κ1) is 16.7. The van der Waals surface area contributed by atoms with Gasteiger partial charge in [0.1, 0.15) is 6.54 Å². The fourth-order valence-corrected chi connectivity index (χ4v) is 2.05. The highest BCUT2D eigenvalue weighted by atomic mass is 79.9. The second-order valence-electron chi connectivity index (χ2n) is 4.67. The number of nitrogens with one attached hydrogen (secondary N) is 3. The standard InChI is InChI=1S/C14H20BrN3O2/c1-3-16-13(19)8-17-14(20)10-18(2)9-11-4-6-12(15)7-5-11/h4-7H,3,8-10H2,1-2H3,(H,16,19)(H,17,20)/p+1. The third-order valence-electron chi connectivity index (χ3n) is 2.70. The van der Waals surface area contributed by atoms with Gasteiger partial charge in [-0.3, -0.25) is 9.59 Å². The monoisotopic (exact) mass is 342 g/mol. The normalized spacial score (nSPS) is 11.8. The molecule has 0 fully saturated rings. The first-order valence-corrected chi connectivity index (χ1v) is 7.39. The molecule has 1 aromatic carbocycles. The van der Waals surface area contributed by atoms with Crippen LogP contribution in [0.4, 0.5) is 0 Å². The minimum absolute atomic E-state index is 0.0399. The molecular weight excluding hydrogens is 322 g/mol. The van der Waals surface area contributed by atoms with Crippen molar-refractivity contribution < 1.29 is 14.5 Å². The number of hydrogen-bond donors (Lipinski definition) is 3. The van der Waals surface area contributed by atoms with Crippen LogP contribution in [0, 0.1) is 0 Å². The van der Waals surface area contributed by atoms with Gasteiger partial charge in [-0.25, -0.2) is 0 Å². The van der Waals surface area contributed by atoms with Crippen LogP contribution in [0.15, 0.2) is 28.7 Å². The summed E-state index contributed by atoms with van der Waals surface area (Å²) in [5, 5.41) is 5.25. The van der Waals surface area contributed by atoms with Crippen LogP contribution >= 0.6 is 15.9 Å². The Kier molecular flexibility index (Phi) is 7.25. The summed E-state index contributed by atoms with van der Waals surface area (Å²) in [5.41, 5.74) is 1.17. The van der Waals surface area contributed by atoms with Crippen molar-refractivity contribution in [2.45, 2.75) is 13.5 Å². The molecule has 1 atom stereocenters. The van der Waals surface area contributed by atoms with Crippen LogP contribution in [-0.4, -0.2) is 38.5 Å². The molecule has 0 saturated heterocycles. The Bertz CT molecular complexity index is 448. The molecular formula is C14H21BrN3O2+. The van der Waals surface area contributed by atoms with Crippen LogP contribution < -0.4 is 15.5 Å². The Morgan fingerprint density at radius 1 is 1.15 bits per heavy atom. The Labute approximate surface area is 127 Å². The minimum atomic E-state index is -0.161. The van der Waals surface area contributed by atoms with E-state index in [1.807, 2.05) is 38.2 Å².